The van der Waals surface area contributed by atoms with Gasteiger partial charge in [-0.2, -0.15) is 0 Å². The summed E-state index contributed by atoms with van der Waals surface area (Å²) in [6.45, 7) is 11.2. The number of nitrogens with two attached hydrogens (primary N) is 1. The molecule has 43 heavy (non-hydrogen) atoms. The second-order valence-corrected chi connectivity index (χ2v) is 11.5. The normalized spacial score (nSPS) is 21.1. The van der Waals surface area contributed by atoms with Crippen molar-refractivity contribution in [3.8, 4) is 5.75 Å². The predicted molar refractivity (Wildman–Crippen MR) is 163 cm³/mol. The number of rotatable bonds is 16. The van der Waals surface area contributed by atoms with E-state index in [0.29, 0.717) is 37.8 Å². The first-order valence-corrected chi connectivity index (χ1v) is 14.8. The van der Waals surface area contributed by atoms with E-state index >= 15 is 0 Å². The molecule has 10 heteroatoms. The first-order valence-electron chi connectivity index (χ1n) is 14.8. The zero-order valence-corrected chi connectivity index (χ0v) is 25.4. The second-order valence-electron chi connectivity index (χ2n) is 11.5. The average Bonchev–Trinajstić information content (AvgIpc) is 3.77. The van der Waals surface area contributed by atoms with E-state index in [1.807, 2.05) is 49.4 Å². The molecule has 2 amide bonds. The van der Waals surface area contributed by atoms with Crippen molar-refractivity contribution in [1.82, 2.24) is 15.5 Å². The molecule has 0 bridgehead atoms. The molecule has 0 radical (unpaired) electrons. The van der Waals surface area contributed by atoms with Gasteiger partial charge in [0.25, 0.3) is 0 Å². The van der Waals surface area contributed by atoms with Crippen molar-refractivity contribution in [2.75, 3.05) is 46.6 Å². The molecule has 4 N–H and O–H groups in total. The van der Waals surface area contributed by atoms with Gasteiger partial charge in [0.05, 0.1) is 38.9 Å². The summed E-state index contributed by atoms with van der Waals surface area (Å²) in [7, 11) is 1.58. The van der Waals surface area contributed by atoms with Gasteiger partial charge >= 0.3 is 0 Å². The Labute approximate surface area is 253 Å². The van der Waals surface area contributed by atoms with Gasteiger partial charge in [0.2, 0.25) is 11.8 Å². The third-order valence-electron chi connectivity index (χ3n) is 8.44. The zero-order valence-electron chi connectivity index (χ0n) is 25.4. The highest BCUT2D eigenvalue weighted by Crippen LogP contribution is 2.31. The van der Waals surface area contributed by atoms with E-state index in [1.54, 1.807) is 26.2 Å². The maximum absolute atomic E-state index is 14.4. The lowest BCUT2D eigenvalue weighted by molar-refractivity contribution is -0.138. The fourth-order valence-electron chi connectivity index (χ4n) is 5.65. The number of nitrogens with zero attached hydrogens (tertiary/aromatic N) is 1. The number of morpholine rings is 1. The Kier molecular flexibility index (Phi) is 10.6. The maximum Gasteiger partial charge on any atom is 0.243 e. The van der Waals surface area contributed by atoms with Crippen LogP contribution in [0.4, 0.5) is 0 Å². The van der Waals surface area contributed by atoms with E-state index in [2.05, 4.69) is 22.1 Å². The molecule has 10 nitrogen and oxygen atoms in total. The van der Waals surface area contributed by atoms with E-state index in [4.69, 9.17) is 19.9 Å². The number of carbonyl (C=O) groups is 3. The Bertz CT molecular complexity index is 1270. The fourth-order valence-corrected chi connectivity index (χ4v) is 5.65. The number of carbonyl (C=O) groups excluding carboxylic acids is 3. The minimum absolute atomic E-state index is 0.185. The summed E-state index contributed by atoms with van der Waals surface area (Å²) in [5, 5.41) is 6.31. The van der Waals surface area contributed by atoms with Crippen LogP contribution in [0.1, 0.15) is 31.4 Å². The van der Waals surface area contributed by atoms with Gasteiger partial charge in [-0.25, -0.2) is 0 Å². The van der Waals surface area contributed by atoms with Crippen molar-refractivity contribution in [3.05, 3.63) is 78.0 Å². The summed E-state index contributed by atoms with van der Waals surface area (Å²) in [6, 6.07) is 16.0. The first-order chi connectivity index (χ1) is 20.6. The number of primary amides is 1. The van der Waals surface area contributed by atoms with Crippen LogP contribution < -0.4 is 21.1 Å². The van der Waals surface area contributed by atoms with Crippen LogP contribution in [0.5, 0.6) is 5.75 Å². The molecule has 2 aromatic carbocycles. The summed E-state index contributed by atoms with van der Waals surface area (Å²) in [4.78, 5) is 43.5. The van der Waals surface area contributed by atoms with Crippen LogP contribution in [-0.4, -0.2) is 86.2 Å². The van der Waals surface area contributed by atoms with Gasteiger partial charge in [-0.1, -0.05) is 56.0 Å². The quantitative estimate of drug-likeness (QED) is 0.252. The predicted octanol–water partition coefficient (Wildman–Crippen LogP) is 2.01. The molecule has 2 aliphatic heterocycles. The summed E-state index contributed by atoms with van der Waals surface area (Å²) in [5.41, 5.74) is 5.98. The fraction of sp³-hybridized carbons (Fsp3) is 0.485. The first kappa shape index (κ1) is 32.2. The Morgan fingerprint density at radius 3 is 2.26 bits per heavy atom. The Balaban J connectivity index is 1.66. The molecule has 0 aliphatic carbocycles. The number of hydrogen-bond donors (Lipinski definition) is 3. The lowest BCUT2D eigenvalue weighted by Crippen LogP contribution is -2.65. The van der Waals surface area contributed by atoms with E-state index in [1.165, 1.54) is 0 Å². The van der Waals surface area contributed by atoms with Gasteiger partial charge in [-0.3, -0.25) is 19.3 Å². The highest BCUT2D eigenvalue weighted by atomic mass is 16.6. The molecule has 0 aromatic heterocycles. The van der Waals surface area contributed by atoms with Gasteiger partial charge in [0.1, 0.15) is 16.9 Å². The zero-order chi connectivity index (χ0) is 31.0. The smallest absolute Gasteiger partial charge is 0.243 e. The topological polar surface area (TPSA) is 136 Å². The molecule has 0 saturated carbocycles. The highest BCUT2D eigenvalue weighted by molar-refractivity contribution is 5.99. The number of benzene rings is 2. The van der Waals surface area contributed by atoms with E-state index in [9.17, 15) is 14.4 Å². The molecule has 2 heterocycles. The summed E-state index contributed by atoms with van der Waals surface area (Å²) < 4.78 is 16.2. The van der Waals surface area contributed by atoms with E-state index in [-0.39, 0.29) is 25.0 Å². The number of ketones is 1. The average molecular weight is 593 g/mol. The highest BCUT2D eigenvalue weighted by Gasteiger charge is 2.52. The van der Waals surface area contributed by atoms with Crippen molar-refractivity contribution in [2.24, 2.45) is 11.7 Å². The number of methoxy groups -OCH3 is 1. The largest absolute Gasteiger partial charge is 0.497 e. The van der Waals surface area contributed by atoms with Gasteiger partial charge < -0.3 is 30.6 Å². The van der Waals surface area contributed by atoms with Crippen LogP contribution in [0, 0.1) is 5.92 Å². The molecule has 2 aliphatic rings. The van der Waals surface area contributed by atoms with Crippen LogP contribution in [0.15, 0.2) is 66.9 Å². The second kappa shape index (κ2) is 14.2. The lowest BCUT2D eigenvalue weighted by atomic mass is 9.76. The molecule has 2 saturated heterocycles. The van der Waals surface area contributed by atoms with Gasteiger partial charge in [0, 0.05) is 25.3 Å². The van der Waals surface area contributed by atoms with E-state index < -0.39 is 34.9 Å². The number of Topliss-reactive ketones (excluding diaryl/α,β-unsaturated/α-hetero) is 1. The third-order valence-corrected chi connectivity index (χ3v) is 8.44. The molecular weight excluding hydrogens is 548 g/mol. The summed E-state index contributed by atoms with van der Waals surface area (Å²) in [6.07, 6.45) is 0.688. The molecular formula is C33H44N4O6. The molecule has 0 spiro atoms. The van der Waals surface area contributed by atoms with Crippen molar-refractivity contribution in [3.63, 3.8) is 0 Å². The number of ether oxygens (including phenoxy) is 3. The van der Waals surface area contributed by atoms with Crippen LogP contribution in [0.3, 0.4) is 0 Å². The number of hydrogen-bond acceptors (Lipinski definition) is 8. The Morgan fingerprint density at radius 1 is 1.07 bits per heavy atom. The van der Waals surface area contributed by atoms with E-state index in [0.717, 1.165) is 24.2 Å². The van der Waals surface area contributed by atoms with Crippen molar-refractivity contribution in [1.29, 1.82) is 0 Å². The number of nitrogens with one attached hydrogen (secondary N) is 2. The van der Waals surface area contributed by atoms with Crippen molar-refractivity contribution >= 4 is 17.6 Å². The van der Waals surface area contributed by atoms with Crippen molar-refractivity contribution in [2.45, 2.75) is 50.3 Å². The van der Waals surface area contributed by atoms with Crippen LogP contribution >= 0.6 is 0 Å². The van der Waals surface area contributed by atoms with Gasteiger partial charge in [-0.05, 0) is 49.4 Å². The minimum atomic E-state index is -1.48. The molecule has 2 aromatic rings. The van der Waals surface area contributed by atoms with Crippen LogP contribution in [-0.2, 0) is 36.7 Å². The maximum atomic E-state index is 14.4. The molecule has 2 fully saturated rings. The Morgan fingerprint density at radius 2 is 1.70 bits per heavy atom. The SMILES string of the molecule is C=C(CN1CCOCC1)NC(CC)(C(N)=O)[C@H](Cc1ccc(OC)cc1)C(=O)N[C@@H](Cc1ccccc1)C(=O)[C@@]1(C)CO1. The molecule has 4 rings (SSSR count). The van der Waals surface area contributed by atoms with Gasteiger partial charge in [-0.15, -0.1) is 0 Å². The number of amides is 2. The summed E-state index contributed by atoms with van der Waals surface area (Å²) >= 11 is 0. The minimum Gasteiger partial charge on any atom is -0.497 e. The molecule has 4 atom stereocenters. The molecule has 232 valence electrons. The Hall–Kier alpha value is -3.73. The molecule has 1 unspecified atom stereocenters. The number of epoxide rings is 1. The lowest BCUT2D eigenvalue weighted by Gasteiger charge is -2.40. The van der Waals surface area contributed by atoms with Gasteiger partial charge in [0.15, 0.2) is 5.78 Å². The summed E-state index contributed by atoms with van der Waals surface area (Å²) in [5.74, 6) is -1.64. The standard InChI is InChI=1S/C33H44N4O6/c1-5-33(31(34)40,36-23(2)21-37-15-17-42-18-16-37)27(19-25-11-13-26(41-4)14-12-25)30(39)35-28(29(38)32(3)22-43-32)20-24-9-7-6-8-10-24/h6-14,27-28,36H,2,5,15-22H2,1,3-4H3,(H2,34,40)(H,35,39)/t27-,28+,32-,33?/m1/s1. The third kappa shape index (κ3) is 8.01. The van der Waals surface area contributed by atoms with Crippen LogP contribution in [0.2, 0.25) is 0 Å². The van der Waals surface area contributed by atoms with Crippen LogP contribution in [0.25, 0.3) is 0 Å². The monoisotopic (exact) mass is 592 g/mol. The van der Waals surface area contributed by atoms with Crippen molar-refractivity contribution < 1.29 is 28.6 Å².